The Hall–Kier alpha value is -4.27. The van der Waals surface area contributed by atoms with Crippen LogP contribution in [0.3, 0.4) is 0 Å². The maximum Gasteiger partial charge on any atom is 0.297 e. The first-order chi connectivity index (χ1) is 16.5. The summed E-state index contributed by atoms with van der Waals surface area (Å²) in [6.45, 7) is 4.53. The second-order valence-corrected chi connectivity index (χ2v) is 7.51. The maximum absolute atomic E-state index is 14.0. The maximum atomic E-state index is 14.0. The summed E-state index contributed by atoms with van der Waals surface area (Å²) in [7, 11) is 0. The van der Waals surface area contributed by atoms with Gasteiger partial charge >= 0.3 is 0 Å². The zero-order valence-corrected chi connectivity index (χ0v) is 18.4. The van der Waals surface area contributed by atoms with Crippen molar-refractivity contribution in [3.8, 4) is 11.5 Å². The third kappa shape index (κ3) is 3.45. The van der Waals surface area contributed by atoms with Crippen LogP contribution in [0.5, 0.6) is 11.5 Å². The van der Waals surface area contributed by atoms with Gasteiger partial charge in [0.1, 0.15) is 11.4 Å². The van der Waals surface area contributed by atoms with Crippen molar-refractivity contribution in [1.29, 1.82) is 0 Å². The van der Waals surface area contributed by atoms with E-state index in [1.54, 1.807) is 24.3 Å². The number of hydrogen-bond acceptors (Lipinski definition) is 7. The molecule has 4 aromatic rings. The van der Waals surface area contributed by atoms with Gasteiger partial charge in [-0.15, -0.1) is 0 Å². The van der Waals surface area contributed by atoms with Crippen LogP contribution in [0.25, 0.3) is 11.0 Å². The molecule has 172 valence electrons. The van der Waals surface area contributed by atoms with Gasteiger partial charge in [-0.2, -0.15) is 0 Å². The summed E-state index contributed by atoms with van der Waals surface area (Å²) >= 11 is 0. The molecule has 0 saturated carbocycles. The topological polar surface area (TPSA) is 94.8 Å². The fourth-order valence-electron chi connectivity index (χ4n) is 4.12. The van der Waals surface area contributed by atoms with E-state index in [1.165, 1.54) is 29.4 Å². The number of amides is 1. The van der Waals surface area contributed by atoms with Crippen molar-refractivity contribution < 1.29 is 23.1 Å². The molecule has 1 aliphatic heterocycles. The second kappa shape index (κ2) is 8.58. The van der Waals surface area contributed by atoms with E-state index in [9.17, 15) is 14.0 Å². The first-order valence-corrected chi connectivity index (χ1v) is 10.8. The van der Waals surface area contributed by atoms with Crippen molar-refractivity contribution in [2.75, 3.05) is 18.1 Å². The molecule has 2 aromatic heterocycles. The van der Waals surface area contributed by atoms with Gasteiger partial charge in [-0.3, -0.25) is 14.5 Å². The summed E-state index contributed by atoms with van der Waals surface area (Å²) in [6.07, 6.45) is 3.00. The highest BCUT2D eigenvalue weighted by atomic mass is 19.1. The van der Waals surface area contributed by atoms with Crippen LogP contribution in [0.4, 0.5) is 10.3 Å². The number of halogens is 1. The lowest BCUT2D eigenvalue weighted by atomic mass is 9.98. The number of anilines is 1. The van der Waals surface area contributed by atoms with Crippen molar-refractivity contribution in [3.05, 3.63) is 87.8 Å². The fourth-order valence-corrected chi connectivity index (χ4v) is 4.12. The minimum absolute atomic E-state index is 0.0448. The first-order valence-electron chi connectivity index (χ1n) is 10.8. The van der Waals surface area contributed by atoms with Crippen molar-refractivity contribution in [2.45, 2.75) is 19.9 Å². The van der Waals surface area contributed by atoms with Crippen LogP contribution >= 0.6 is 0 Å². The van der Waals surface area contributed by atoms with Gasteiger partial charge in [-0.05, 0) is 55.8 Å². The molecule has 0 N–H and O–H groups in total. The third-order valence-corrected chi connectivity index (χ3v) is 5.48. The lowest BCUT2D eigenvalue weighted by Crippen LogP contribution is -2.31. The summed E-state index contributed by atoms with van der Waals surface area (Å²) in [4.78, 5) is 36.8. The molecule has 5 rings (SSSR count). The van der Waals surface area contributed by atoms with Gasteiger partial charge in [0.05, 0.1) is 30.2 Å². The van der Waals surface area contributed by atoms with Gasteiger partial charge in [0.15, 0.2) is 16.9 Å². The van der Waals surface area contributed by atoms with Gasteiger partial charge < -0.3 is 13.9 Å². The van der Waals surface area contributed by atoms with Gasteiger partial charge in [0, 0.05) is 12.4 Å². The molecule has 1 atom stereocenters. The average molecular weight is 461 g/mol. The second-order valence-electron chi connectivity index (χ2n) is 7.51. The van der Waals surface area contributed by atoms with Gasteiger partial charge in [-0.1, -0.05) is 6.07 Å². The van der Waals surface area contributed by atoms with Crippen molar-refractivity contribution >= 4 is 22.8 Å². The largest absolute Gasteiger partial charge is 0.490 e. The molecule has 0 spiro atoms. The molecule has 0 saturated heterocycles. The zero-order valence-electron chi connectivity index (χ0n) is 18.4. The van der Waals surface area contributed by atoms with E-state index in [1.807, 2.05) is 13.8 Å². The van der Waals surface area contributed by atoms with E-state index in [-0.39, 0.29) is 28.2 Å². The Labute approximate surface area is 193 Å². The van der Waals surface area contributed by atoms with E-state index in [0.29, 0.717) is 30.3 Å². The number of fused-ring (bicyclic) bond motifs is 2. The quantitative estimate of drug-likeness (QED) is 0.423. The zero-order chi connectivity index (χ0) is 23.8. The molecule has 3 heterocycles. The van der Waals surface area contributed by atoms with Gasteiger partial charge in [0.25, 0.3) is 5.91 Å². The van der Waals surface area contributed by atoms with E-state index in [2.05, 4.69) is 9.97 Å². The smallest absolute Gasteiger partial charge is 0.297 e. The van der Waals surface area contributed by atoms with Crippen molar-refractivity contribution in [2.24, 2.45) is 0 Å². The number of ether oxygens (including phenoxy) is 2. The molecule has 0 fully saturated rings. The van der Waals surface area contributed by atoms with Crippen LogP contribution in [0.15, 0.2) is 64.1 Å². The highest BCUT2D eigenvalue weighted by molar-refractivity contribution is 6.09. The van der Waals surface area contributed by atoms with Crippen molar-refractivity contribution in [1.82, 2.24) is 9.97 Å². The van der Waals surface area contributed by atoms with Crippen LogP contribution in [0.1, 0.15) is 41.6 Å². The molecule has 1 amide bonds. The number of hydrogen-bond donors (Lipinski definition) is 0. The van der Waals surface area contributed by atoms with Crippen LogP contribution in [0.2, 0.25) is 0 Å². The first kappa shape index (κ1) is 21.6. The summed E-state index contributed by atoms with van der Waals surface area (Å²) < 4.78 is 31.2. The normalized spacial score (nSPS) is 15.0. The molecule has 0 aliphatic carbocycles. The Balaban J connectivity index is 1.78. The summed E-state index contributed by atoms with van der Waals surface area (Å²) in [5.41, 5.74) is 0.269. The highest BCUT2D eigenvalue weighted by Crippen LogP contribution is 2.42. The van der Waals surface area contributed by atoms with Gasteiger partial charge in [0.2, 0.25) is 11.7 Å². The number of benzene rings is 2. The van der Waals surface area contributed by atoms with Crippen LogP contribution in [-0.4, -0.2) is 29.1 Å². The number of carbonyl (C=O) groups is 1. The molecule has 8 nitrogen and oxygen atoms in total. The molecular weight excluding hydrogens is 441 g/mol. The lowest BCUT2D eigenvalue weighted by Gasteiger charge is -2.24. The van der Waals surface area contributed by atoms with Gasteiger partial charge in [-0.25, -0.2) is 14.4 Å². The molecule has 0 bridgehead atoms. The predicted molar refractivity (Wildman–Crippen MR) is 122 cm³/mol. The monoisotopic (exact) mass is 461 g/mol. The Morgan fingerprint density at radius 2 is 1.74 bits per heavy atom. The van der Waals surface area contributed by atoms with Crippen molar-refractivity contribution in [3.63, 3.8) is 0 Å². The minimum Gasteiger partial charge on any atom is -0.490 e. The molecule has 34 heavy (non-hydrogen) atoms. The highest BCUT2D eigenvalue weighted by Gasteiger charge is 2.45. The summed E-state index contributed by atoms with van der Waals surface area (Å²) in [6, 6.07) is 9.50. The van der Waals surface area contributed by atoms with E-state index in [0.717, 1.165) is 6.07 Å². The Morgan fingerprint density at radius 3 is 2.47 bits per heavy atom. The number of nitrogens with zero attached hydrogens (tertiary/aromatic N) is 3. The molecule has 9 heteroatoms. The molecule has 1 unspecified atom stereocenters. The molecule has 2 aromatic carbocycles. The number of rotatable bonds is 6. The summed E-state index contributed by atoms with van der Waals surface area (Å²) in [5, 5.41) is 0.0448. The van der Waals surface area contributed by atoms with Crippen LogP contribution in [0, 0.1) is 5.82 Å². The average Bonchev–Trinajstić information content (AvgIpc) is 3.14. The number of aromatic nitrogens is 2. The molecule has 0 radical (unpaired) electrons. The van der Waals surface area contributed by atoms with E-state index >= 15 is 0 Å². The fraction of sp³-hybridized carbons (Fsp3) is 0.200. The van der Waals surface area contributed by atoms with Crippen LogP contribution < -0.4 is 19.8 Å². The summed E-state index contributed by atoms with van der Waals surface area (Å²) in [5.74, 6) is -0.176. The Bertz CT molecular complexity index is 1450. The lowest BCUT2D eigenvalue weighted by molar-refractivity contribution is 0.0969. The SMILES string of the molecule is CCOc1ccc(C2c3c(oc4ccc(F)cc4c3=O)C(=O)N2c2ncccn2)cc1OCC. The Kier molecular flexibility index (Phi) is 5.45. The third-order valence-electron chi connectivity index (χ3n) is 5.48. The predicted octanol–water partition coefficient (Wildman–Crippen LogP) is 4.27. The molecule has 1 aliphatic rings. The minimum atomic E-state index is -0.913. The van der Waals surface area contributed by atoms with E-state index in [4.69, 9.17) is 13.9 Å². The number of carbonyl (C=O) groups excluding carboxylic acids is 1. The standard InChI is InChI=1S/C25H20FN3O5/c1-3-32-18-8-6-14(12-19(18)33-4-2)21-20-22(30)16-13-15(26)7-9-17(16)34-23(20)24(31)29(21)25-27-10-5-11-28-25/h5-13,21H,3-4H2,1-2H3. The molecular formula is C25H20FN3O5. The van der Waals surface area contributed by atoms with Crippen LogP contribution in [-0.2, 0) is 0 Å². The van der Waals surface area contributed by atoms with E-state index < -0.39 is 23.2 Å². The Morgan fingerprint density at radius 1 is 1.00 bits per heavy atom.